The van der Waals surface area contributed by atoms with Gasteiger partial charge in [0.25, 0.3) is 15.9 Å². The normalized spacial score (nSPS) is 18.6. The van der Waals surface area contributed by atoms with Gasteiger partial charge in [0.1, 0.15) is 4.90 Å². The maximum absolute atomic E-state index is 13.2. The monoisotopic (exact) mass is 489 g/mol. The van der Waals surface area contributed by atoms with Gasteiger partial charge in [-0.05, 0) is 48.7 Å². The lowest BCUT2D eigenvalue weighted by molar-refractivity contribution is 0.0706. The number of sulfonamides is 1. The number of carbonyl (C=O) groups excluding carboxylic acids is 2. The van der Waals surface area contributed by atoms with E-state index in [1.54, 1.807) is 24.3 Å². The van der Waals surface area contributed by atoms with E-state index < -0.39 is 16.1 Å². The highest BCUT2D eigenvalue weighted by Crippen LogP contribution is 2.33. The van der Waals surface area contributed by atoms with Crippen LogP contribution in [0.25, 0.3) is 0 Å². The topological polar surface area (TPSA) is 86.8 Å². The van der Waals surface area contributed by atoms with Gasteiger partial charge in [0, 0.05) is 23.7 Å². The van der Waals surface area contributed by atoms with E-state index in [0.717, 1.165) is 30.0 Å². The van der Waals surface area contributed by atoms with Crippen molar-refractivity contribution in [3.05, 3.63) is 58.6 Å². The summed E-state index contributed by atoms with van der Waals surface area (Å²) in [6, 6.07) is 10.6. The Bertz CT molecular complexity index is 1160. The van der Waals surface area contributed by atoms with E-state index in [1.807, 2.05) is 11.9 Å². The molecule has 2 aromatic rings. The molecule has 0 radical (unpaired) electrons. The average molecular weight is 490 g/mol. The number of halogens is 1. The van der Waals surface area contributed by atoms with Crippen molar-refractivity contribution in [3.63, 3.8) is 0 Å². The zero-order chi connectivity index (χ0) is 23.6. The third kappa shape index (κ3) is 5.01. The lowest BCUT2D eigenvalue weighted by Crippen LogP contribution is -2.43. The van der Waals surface area contributed by atoms with Crippen LogP contribution in [0.5, 0.6) is 0 Å². The van der Waals surface area contributed by atoms with Crippen LogP contribution < -0.4 is 5.32 Å². The Hall–Kier alpha value is -2.58. The van der Waals surface area contributed by atoms with E-state index in [1.165, 1.54) is 37.5 Å². The number of nitrogens with one attached hydrogen (secondary N) is 1. The number of amides is 3. The first-order valence-corrected chi connectivity index (χ1v) is 13.1. The predicted octanol–water partition coefficient (Wildman–Crippen LogP) is 5.26. The van der Waals surface area contributed by atoms with Crippen LogP contribution in [0.4, 0.5) is 10.5 Å². The number of anilines is 1. The Kier molecular flexibility index (Phi) is 6.95. The molecule has 2 aromatic carbocycles. The maximum Gasteiger partial charge on any atom is 0.336 e. The summed E-state index contributed by atoms with van der Waals surface area (Å²) in [5, 5.41) is 2.86. The largest absolute Gasteiger partial charge is 0.339 e. The van der Waals surface area contributed by atoms with Crippen molar-refractivity contribution in [2.24, 2.45) is 0 Å². The van der Waals surface area contributed by atoms with Gasteiger partial charge >= 0.3 is 6.03 Å². The van der Waals surface area contributed by atoms with Crippen molar-refractivity contribution >= 4 is 39.2 Å². The summed E-state index contributed by atoms with van der Waals surface area (Å²) in [4.78, 5) is 27.5. The molecule has 0 saturated heterocycles. The zero-order valence-corrected chi connectivity index (χ0v) is 20.2. The molecule has 1 N–H and O–H groups in total. The zero-order valence-electron chi connectivity index (χ0n) is 18.6. The molecule has 1 saturated carbocycles. The van der Waals surface area contributed by atoms with Crippen molar-refractivity contribution < 1.29 is 18.0 Å². The summed E-state index contributed by atoms with van der Waals surface area (Å²) >= 11 is 5.98. The molecular formula is C24H28ClN3O4S. The molecule has 176 valence electrons. The number of urea groups is 1. The highest BCUT2D eigenvalue weighted by molar-refractivity contribution is 7.90. The van der Waals surface area contributed by atoms with Gasteiger partial charge in [0.2, 0.25) is 0 Å². The molecule has 0 aromatic heterocycles. The quantitative estimate of drug-likeness (QED) is 0.634. The first kappa shape index (κ1) is 23.6. The highest BCUT2D eigenvalue weighted by atomic mass is 35.5. The fraction of sp³-hybridized carbons (Fsp3) is 0.417. The van der Waals surface area contributed by atoms with Gasteiger partial charge in [-0.3, -0.25) is 4.79 Å². The highest BCUT2D eigenvalue weighted by Gasteiger charge is 2.37. The molecule has 4 rings (SSSR count). The molecule has 1 aliphatic carbocycles. The molecule has 0 bridgehead atoms. The minimum atomic E-state index is -4.09. The van der Waals surface area contributed by atoms with E-state index >= 15 is 0 Å². The summed E-state index contributed by atoms with van der Waals surface area (Å²) in [6.45, 7) is -0.186. The number of rotatable bonds is 4. The van der Waals surface area contributed by atoms with Crippen LogP contribution in [-0.4, -0.2) is 42.7 Å². The van der Waals surface area contributed by atoms with Crippen LogP contribution in [0.2, 0.25) is 5.02 Å². The standard InChI is InChI=1S/C24H28ClN3O4S/c1-27(20-10-5-3-2-4-6-11-20)23(29)18-9-7-8-17(14-18)16-28-24(30)26-21-13-12-19(25)15-22(21)33(28,31)32/h7-9,12-15,20H,2-6,10-11,16H2,1H3,(H,26,30). The van der Waals surface area contributed by atoms with Gasteiger partial charge < -0.3 is 10.2 Å². The second kappa shape index (κ2) is 9.73. The Morgan fingerprint density at radius 1 is 1.09 bits per heavy atom. The van der Waals surface area contributed by atoms with Crippen molar-refractivity contribution in [1.29, 1.82) is 0 Å². The van der Waals surface area contributed by atoms with Gasteiger partial charge in [-0.15, -0.1) is 0 Å². The van der Waals surface area contributed by atoms with Gasteiger partial charge in [0.15, 0.2) is 0 Å². The number of carbonyl (C=O) groups is 2. The lowest BCUT2D eigenvalue weighted by atomic mass is 9.95. The van der Waals surface area contributed by atoms with Crippen molar-refractivity contribution in [2.45, 2.75) is 62.4 Å². The molecule has 9 heteroatoms. The van der Waals surface area contributed by atoms with Crippen molar-refractivity contribution in [2.75, 3.05) is 12.4 Å². The first-order chi connectivity index (χ1) is 15.8. The van der Waals surface area contributed by atoms with E-state index in [9.17, 15) is 18.0 Å². The first-order valence-electron chi connectivity index (χ1n) is 11.3. The minimum Gasteiger partial charge on any atom is -0.339 e. The number of hydrogen-bond acceptors (Lipinski definition) is 4. The smallest absolute Gasteiger partial charge is 0.336 e. The van der Waals surface area contributed by atoms with E-state index in [2.05, 4.69) is 5.32 Å². The fourth-order valence-corrected chi connectivity index (χ4v) is 6.27. The molecule has 1 heterocycles. The van der Waals surface area contributed by atoms with Crippen LogP contribution in [0.3, 0.4) is 0 Å². The molecule has 2 aliphatic rings. The fourth-order valence-electron chi connectivity index (χ4n) is 4.53. The van der Waals surface area contributed by atoms with Crippen LogP contribution in [0.15, 0.2) is 47.4 Å². The van der Waals surface area contributed by atoms with Crippen LogP contribution in [-0.2, 0) is 16.6 Å². The molecule has 3 amide bonds. The molecule has 1 fully saturated rings. The van der Waals surface area contributed by atoms with Crippen molar-refractivity contribution in [3.8, 4) is 0 Å². The molecule has 0 atom stereocenters. The van der Waals surface area contributed by atoms with E-state index in [0.29, 0.717) is 11.1 Å². The maximum atomic E-state index is 13.2. The molecule has 33 heavy (non-hydrogen) atoms. The Labute approximate surface area is 199 Å². The van der Waals surface area contributed by atoms with E-state index in [4.69, 9.17) is 11.6 Å². The molecule has 0 unspecified atom stereocenters. The summed E-state index contributed by atoms with van der Waals surface area (Å²) in [5.41, 5.74) is 1.23. The summed E-state index contributed by atoms with van der Waals surface area (Å²) < 4.78 is 27.0. The second-order valence-electron chi connectivity index (χ2n) is 8.70. The third-order valence-electron chi connectivity index (χ3n) is 6.42. The van der Waals surface area contributed by atoms with Crippen LogP contribution in [0, 0.1) is 0 Å². The Morgan fingerprint density at radius 3 is 2.52 bits per heavy atom. The predicted molar refractivity (Wildman–Crippen MR) is 128 cm³/mol. The molecule has 1 aliphatic heterocycles. The summed E-state index contributed by atoms with van der Waals surface area (Å²) in [7, 11) is -2.25. The molecule has 0 spiro atoms. The second-order valence-corrected chi connectivity index (χ2v) is 11.0. The van der Waals surface area contributed by atoms with Gasteiger partial charge in [0.05, 0.1) is 12.2 Å². The lowest BCUT2D eigenvalue weighted by Gasteiger charge is -2.30. The average Bonchev–Trinajstić information content (AvgIpc) is 2.76. The molecular weight excluding hydrogens is 462 g/mol. The number of nitrogens with zero attached hydrogens (tertiary/aromatic N) is 2. The number of hydrogen-bond donors (Lipinski definition) is 1. The Morgan fingerprint density at radius 2 is 1.79 bits per heavy atom. The van der Waals surface area contributed by atoms with Crippen molar-refractivity contribution in [1.82, 2.24) is 9.21 Å². The third-order valence-corrected chi connectivity index (χ3v) is 8.43. The van der Waals surface area contributed by atoms with Crippen LogP contribution >= 0.6 is 11.6 Å². The summed E-state index contributed by atoms with van der Waals surface area (Å²) in [5.74, 6) is -0.0921. The van der Waals surface area contributed by atoms with Gasteiger partial charge in [-0.2, -0.15) is 0 Å². The van der Waals surface area contributed by atoms with Gasteiger partial charge in [-0.25, -0.2) is 17.5 Å². The number of benzene rings is 2. The Balaban J connectivity index is 1.54. The van der Waals surface area contributed by atoms with Crippen LogP contribution in [0.1, 0.15) is 60.9 Å². The van der Waals surface area contributed by atoms with E-state index in [-0.39, 0.29) is 34.1 Å². The SMILES string of the molecule is CN(C(=O)c1cccc(CN2C(=O)Nc3ccc(Cl)cc3S2(=O)=O)c1)C1CCCCCCC1. The summed E-state index contributed by atoms with van der Waals surface area (Å²) in [6.07, 6.45) is 7.90. The minimum absolute atomic E-state index is 0.0501. The van der Waals surface area contributed by atoms with Gasteiger partial charge in [-0.1, -0.05) is 55.8 Å². The number of fused-ring (bicyclic) bond motifs is 1. The molecule has 7 nitrogen and oxygen atoms in total.